The third-order valence-electron chi connectivity index (χ3n) is 3.94. The van der Waals surface area contributed by atoms with Crippen LogP contribution in [0.5, 0.6) is 5.75 Å². The fourth-order valence-corrected chi connectivity index (χ4v) is 3.38. The molecule has 0 saturated carbocycles. The molecule has 134 valence electrons. The average molecular weight is 360 g/mol. The highest BCUT2D eigenvalue weighted by Gasteiger charge is 2.18. The topological polar surface area (TPSA) is 60.5 Å². The smallest absolute Gasteiger partial charge is 0.270 e. The predicted molar refractivity (Wildman–Crippen MR) is 99.2 cm³/mol. The van der Waals surface area contributed by atoms with Gasteiger partial charge in [-0.3, -0.25) is 4.79 Å². The number of hydrogen-bond acceptors (Lipinski definition) is 5. The van der Waals surface area contributed by atoms with Crippen LogP contribution in [-0.2, 0) is 4.74 Å². The highest BCUT2D eigenvalue weighted by atomic mass is 32.1. The van der Waals surface area contributed by atoms with Crippen molar-refractivity contribution in [3.8, 4) is 16.3 Å². The maximum atomic E-state index is 12.2. The molecule has 1 saturated heterocycles. The van der Waals surface area contributed by atoms with Gasteiger partial charge in [-0.15, -0.1) is 11.3 Å². The van der Waals surface area contributed by atoms with Crippen molar-refractivity contribution in [3.63, 3.8) is 0 Å². The third-order valence-corrected chi connectivity index (χ3v) is 4.83. The molecule has 1 N–H and O–H groups in total. The molecule has 0 bridgehead atoms. The summed E-state index contributed by atoms with van der Waals surface area (Å²) in [6, 6.07) is 7.83. The summed E-state index contributed by atoms with van der Waals surface area (Å²) in [6.45, 7) is 6.28. The number of amides is 1. The number of aromatic nitrogens is 1. The van der Waals surface area contributed by atoms with E-state index >= 15 is 0 Å². The SMILES string of the molecule is CC(C)COc1ccc(-c2nc(C(=O)NCC3CCCO3)cs2)cc1. The van der Waals surface area contributed by atoms with Crippen LogP contribution in [-0.4, -0.2) is 36.8 Å². The van der Waals surface area contributed by atoms with Gasteiger partial charge < -0.3 is 14.8 Å². The highest BCUT2D eigenvalue weighted by Crippen LogP contribution is 2.26. The Balaban J connectivity index is 1.57. The van der Waals surface area contributed by atoms with Crippen molar-refractivity contribution in [2.45, 2.75) is 32.8 Å². The van der Waals surface area contributed by atoms with Crippen molar-refractivity contribution < 1.29 is 14.3 Å². The van der Waals surface area contributed by atoms with Crippen LogP contribution >= 0.6 is 11.3 Å². The number of carbonyl (C=O) groups excluding carboxylic acids is 1. The number of carbonyl (C=O) groups is 1. The van der Waals surface area contributed by atoms with E-state index in [-0.39, 0.29) is 12.0 Å². The van der Waals surface area contributed by atoms with Crippen molar-refractivity contribution >= 4 is 17.2 Å². The van der Waals surface area contributed by atoms with E-state index in [0.717, 1.165) is 35.8 Å². The largest absolute Gasteiger partial charge is 0.493 e. The van der Waals surface area contributed by atoms with Crippen LogP contribution in [0.3, 0.4) is 0 Å². The summed E-state index contributed by atoms with van der Waals surface area (Å²) in [5.41, 5.74) is 1.44. The van der Waals surface area contributed by atoms with E-state index in [1.54, 1.807) is 5.38 Å². The molecule has 1 amide bonds. The molecular weight excluding hydrogens is 336 g/mol. The minimum absolute atomic E-state index is 0.139. The molecule has 5 nitrogen and oxygen atoms in total. The molecule has 1 aromatic heterocycles. The number of thiazole rings is 1. The summed E-state index contributed by atoms with van der Waals surface area (Å²) in [4.78, 5) is 16.7. The van der Waals surface area contributed by atoms with Gasteiger partial charge in [-0.1, -0.05) is 13.8 Å². The zero-order valence-electron chi connectivity index (χ0n) is 14.7. The third kappa shape index (κ3) is 5.03. The predicted octanol–water partition coefficient (Wildman–Crippen LogP) is 3.75. The monoisotopic (exact) mass is 360 g/mol. The quantitative estimate of drug-likeness (QED) is 0.817. The van der Waals surface area contributed by atoms with E-state index in [0.29, 0.717) is 24.8 Å². The lowest BCUT2D eigenvalue weighted by Crippen LogP contribution is -2.31. The minimum Gasteiger partial charge on any atom is -0.493 e. The molecule has 1 aliphatic heterocycles. The Morgan fingerprint density at radius 1 is 1.40 bits per heavy atom. The van der Waals surface area contributed by atoms with E-state index in [2.05, 4.69) is 24.1 Å². The summed E-state index contributed by atoms with van der Waals surface area (Å²) in [6.07, 6.45) is 2.21. The van der Waals surface area contributed by atoms with Crippen LogP contribution in [0.15, 0.2) is 29.6 Å². The van der Waals surface area contributed by atoms with Gasteiger partial charge in [0.05, 0.1) is 12.7 Å². The summed E-state index contributed by atoms with van der Waals surface area (Å²) in [5, 5.41) is 5.53. The fraction of sp³-hybridized carbons (Fsp3) is 0.474. The standard InChI is InChI=1S/C19H24N2O3S/c1-13(2)11-24-15-7-5-14(6-8-15)19-21-17(12-25-19)18(22)20-10-16-4-3-9-23-16/h5-8,12-13,16H,3-4,9-11H2,1-2H3,(H,20,22). The lowest BCUT2D eigenvalue weighted by molar-refractivity contribution is 0.0854. The Morgan fingerprint density at radius 3 is 2.88 bits per heavy atom. The van der Waals surface area contributed by atoms with Crippen molar-refractivity contribution in [3.05, 3.63) is 35.3 Å². The molecule has 1 atom stereocenters. The molecule has 1 aliphatic rings. The van der Waals surface area contributed by atoms with E-state index in [1.807, 2.05) is 24.3 Å². The molecule has 6 heteroatoms. The summed E-state index contributed by atoms with van der Waals surface area (Å²) in [7, 11) is 0. The second-order valence-corrected chi connectivity index (χ2v) is 7.47. The molecule has 0 radical (unpaired) electrons. The van der Waals surface area contributed by atoms with E-state index in [1.165, 1.54) is 11.3 Å². The second kappa shape index (κ2) is 8.45. The van der Waals surface area contributed by atoms with Gasteiger partial charge in [0, 0.05) is 24.1 Å². The Bertz CT molecular complexity index is 691. The number of rotatable bonds is 7. The Kier molecular flexibility index (Phi) is 6.04. The van der Waals surface area contributed by atoms with Crippen LogP contribution < -0.4 is 10.1 Å². The van der Waals surface area contributed by atoms with E-state index < -0.39 is 0 Å². The van der Waals surface area contributed by atoms with Crippen LogP contribution in [0.2, 0.25) is 0 Å². The molecule has 1 fully saturated rings. The van der Waals surface area contributed by atoms with Gasteiger partial charge in [0.15, 0.2) is 0 Å². The van der Waals surface area contributed by atoms with Crippen LogP contribution in [0.1, 0.15) is 37.2 Å². The lowest BCUT2D eigenvalue weighted by Gasteiger charge is -2.09. The zero-order valence-corrected chi connectivity index (χ0v) is 15.5. The molecule has 2 aromatic rings. The van der Waals surface area contributed by atoms with E-state index in [4.69, 9.17) is 9.47 Å². The molecule has 25 heavy (non-hydrogen) atoms. The van der Waals surface area contributed by atoms with Gasteiger partial charge in [-0.05, 0) is 43.0 Å². The van der Waals surface area contributed by atoms with Crippen LogP contribution in [0.4, 0.5) is 0 Å². The Labute approximate surface area is 152 Å². The molecule has 0 spiro atoms. The van der Waals surface area contributed by atoms with Gasteiger partial charge in [-0.25, -0.2) is 4.98 Å². The Hall–Kier alpha value is -1.92. The average Bonchev–Trinajstić information content (AvgIpc) is 3.30. The number of ether oxygens (including phenoxy) is 2. The molecule has 3 rings (SSSR count). The fourth-order valence-electron chi connectivity index (χ4n) is 2.57. The lowest BCUT2D eigenvalue weighted by atomic mass is 10.2. The maximum absolute atomic E-state index is 12.2. The van der Waals surface area contributed by atoms with Gasteiger partial charge in [0.2, 0.25) is 0 Å². The number of benzene rings is 1. The minimum atomic E-state index is -0.144. The first-order valence-electron chi connectivity index (χ1n) is 8.70. The van der Waals surface area contributed by atoms with Crippen LogP contribution in [0.25, 0.3) is 10.6 Å². The molecular formula is C19H24N2O3S. The first-order valence-corrected chi connectivity index (χ1v) is 9.58. The first-order chi connectivity index (χ1) is 12.1. The van der Waals surface area contributed by atoms with Crippen molar-refractivity contribution in [1.82, 2.24) is 10.3 Å². The number of hydrogen-bond donors (Lipinski definition) is 1. The molecule has 2 heterocycles. The molecule has 1 aromatic carbocycles. The maximum Gasteiger partial charge on any atom is 0.270 e. The molecule has 0 aliphatic carbocycles. The van der Waals surface area contributed by atoms with Crippen molar-refractivity contribution in [2.75, 3.05) is 19.8 Å². The van der Waals surface area contributed by atoms with Gasteiger partial charge in [0.25, 0.3) is 5.91 Å². The van der Waals surface area contributed by atoms with Gasteiger partial charge in [0.1, 0.15) is 16.5 Å². The zero-order chi connectivity index (χ0) is 17.6. The summed E-state index contributed by atoms with van der Waals surface area (Å²) in [5.74, 6) is 1.20. The van der Waals surface area contributed by atoms with Crippen molar-refractivity contribution in [2.24, 2.45) is 5.92 Å². The number of nitrogens with one attached hydrogen (secondary N) is 1. The highest BCUT2D eigenvalue weighted by molar-refractivity contribution is 7.13. The second-order valence-electron chi connectivity index (χ2n) is 6.61. The normalized spacial score (nSPS) is 17.0. The van der Waals surface area contributed by atoms with E-state index in [9.17, 15) is 4.79 Å². The molecule has 1 unspecified atom stereocenters. The number of nitrogens with zero attached hydrogens (tertiary/aromatic N) is 1. The van der Waals surface area contributed by atoms with Crippen molar-refractivity contribution in [1.29, 1.82) is 0 Å². The first kappa shape index (κ1) is 17.9. The van der Waals surface area contributed by atoms with Crippen LogP contribution in [0, 0.1) is 5.92 Å². The van der Waals surface area contributed by atoms with Gasteiger partial charge in [-0.2, -0.15) is 0 Å². The Morgan fingerprint density at radius 2 is 2.20 bits per heavy atom. The summed E-state index contributed by atoms with van der Waals surface area (Å²) >= 11 is 1.47. The van der Waals surface area contributed by atoms with Gasteiger partial charge >= 0.3 is 0 Å². The summed E-state index contributed by atoms with van der Waals surface area (Å²) < 4.78 is 11.2.